The highest BCUT2D eigenvalue weighted by atomic mass is 35.5. The Kier molecular flexibility index (Phi) is 6.65. The van der Waals surface area contributed by atoms with Crippen LogP contribution < -0.4 is 11.1 Å². The number of aromatic nitrogens is 1. The molecule has 0 saturated carbocycles. The van der Waals surface area contributed by atoms with Crippen molar-refractivity contribution in [2.75, 3.05) is 6.54 Å². The summed E-state index contributed by atoms with van der Waals surface area (Å²) < 4.78 is 0. The highest BCUT2D eigenvalue weighted by Crippen LogP contribution is 2.30. The van der Waals surface area contributed by atoms with Crippen molar-refractivity contribution < 1.29 is 4.79 Å². The number of benzene rings is 1. The molecule has 8 heteroatoms. The molecule has 0 bridgehead atoms. The van der Waals surface area contributed by atoms with E-state index in [0.29, 0.717) is 27.3 Å². The SMILES string of the molecule is CC(C)(N)CNC(=O)c1csc(-c2ccc(Cl)c(Cl)c2)n1.Cl. The number of amides is 1. The molecule has 1 aromatic carbocycles. The first-order chi connectivity index (χ1) is 9.76. The zero-order chi connectivity index (χ0) is 15.6. The molecule has 0 aliphatic rings. The summed E-state index contributed by atoms with van der Waals surface area (Å²) in [7, 11) is 0. The summed E-state index contributed by atoms with van der Waals surface area (Å²) >= 11 is 13.2. The lowest BCUT2D eigenvalue weighted by Gasteiger charge is -2.18. The number of nitrogens with one attached hydrogen (secondary N) is 1. The number of nitrogens with two attached hydrogens (primary N) is 1. The van der Waals surface area contributed by atoms with E-state index in [1.54, 1.807) is 17.5 Å². The van der Waals surface area contributed by atoms with Crippen LogP contribution in [0.1, 0.15) is 24.3 Å². The average Bonchev–Trinajstić information content (AvgIpc) is 2.88. The Hall–Kier alpha value is -0.850. The monoisotopic (exact) mass is 379 g/mol. The minimum atomic E-state index is -0.460. The summed E-state index contributed by atoms with van der Waals surface area (Å²) in [5, 5.41) is 6.12. The molecular weight excluding hydrogens is 365 g/mol. The van der Waals surface area contributed by atoms with E-state index < -0.39 is 5.54 Å². The third-order valence-electron chi connectivity index (χ3n) is 2.61. The van der Waals surface area contributed by atoms with Gasteiger partial charge in [-0.3, -0.25) is 4.79 Å². The van der Waals surface area contributed by atoms with Crippen molar-refractivity contribution in [3.63, 3.8) is 0 Å². The van der Waals surface area contributed by atoms with Gasteiger partial charge in [0.15, 0.2) is 0 Å². The van der Waals surface area contributed by atoms with E-state index in [-0.39, 0.29) is 18.3 Å². The third kappa shape index (κ3) is 5.11. The molecule has 0 aliphatic carbocycles. The topological polar surface area (TPSA) is 68.0 Å². The van der Waals surface area contributed by atoms with E-state index in [1.165, 1.54) is 11.3 Å². The van der Waals surface area contributed by atoms with Crippen molar-refractivity contribution in [1.82, 2.24) is 10.3 Å². The van der Waals surface area contributed by atoms with Crippen LogP contribution in [0, 0.1) is 0 Å². The lowest BCUT2D eigenvalue weighted by atomic mass is 10.1. The van der Waals surface area contributed by atoms with Crippen LogP contribution in [0.2, 0.25) is 10.0 Å². The molecule has 4 nitrogen and oxygen atoms in total. The maximum Gasteiger partial charge on any atom is 0.270 e. The fourth-order valence-electron chi connectivity index (χ4n) is 1.54. The van der Waals surface area contributed by atoms with Crippen molar-refractivity contribution in [2.24, 2.45) is 5.73 Å². The van der Waals surface area contributed by atoms with Gasteiger partial charge in [-0.05, 0) is 26.0 Å². The molecule has 0 unspecified atom stereocenters. The van der Waals surface area contributed by atoms with E-state index in [2.05, 4.69) is 10.3 Å². The number of nitrogens with zero attached hydrogens (tertiary/aromatic N) is 1. The van der Waals surface area contributed by atoms with Crippen LogP contribution in [0.4, 0.5) is 0 Å². The molecule has 0 saturated heterocycles. The molecule has 120 valence electrons. The van der Waals surface area contributed by atoms with E-state index >= 15 is 0 Å². The van der Waals surface area contributed by atoms with Gasteiger partial charge in [-0.15, -0.1) is 23.7 Å². The van der Waals surface area contributed by atoms with Crippen LogP contribution in [-0.4, -0.2) is 23.0 Å². The Morgan fingerprint density at radius 3 is 2.64 bits per heavy atom. The quantitative estimate of drug-likeness (QED) is 0.842. The second-order valence-electron chi connectivity index (χ2n) is 5.34. The van der Waals surface area contributed by atoms with Crippen LogP contribution >= 0.6 is 46.9 Å². The molecule has 2 aromatic rings. The molecule has 0 atom stereocenters. The van der Waals surface area contributed by atoms with Gasteiger partial charge in [-0.1, -0.05) is 29.3 Å². The summed E-state index contributed by atoms with van der Waals surface area (Å²) in [6.45, 7) is 4.07. The van der Waals surface area contributed by atoms with Gasteiger partial charge < -0.3 is 11.1 Å². The Balaban J connectivity index is 0.00000242. The van der Waals surface area contributed by atoms with Crippen LogP contribution in [0.15, 0.2) is 23.6 Å². The van der Waals surface area contributed by atoms with Gasteiger partial charge >= 0.3 is 0 Å². The lowest BCUT2D eigenvalue weighted by molar-refractivity contribution is 0.0942. The largest absolute Gasteiger partial charge is 0.349 e. The van der Waals surface area contributed by atoms with Gasteiger partial charge in [0.05, 0.1) is 10.0 Å². The Morgan fingerprint density at radius 2 is 2.05 bits per heavy atom. The molecule has 1 amide bonds. The molecule has 3 N–H and O–H groups in total. The predicted molar refractivity (Wildman–Crippen MR) is 95.4 cm³/mol. The smallest absolute Gasteiger partial charge is 0.270 e. The number of carbonyl (C=O) groups excluding carboxylic acids is 1. The van der Waals surface area contributed by atoms with Gasteiger partial charge in [-0.25, -0.2) is 4.98 Å². The maximum absolute atomic E-state index is 12.0. The van der Waals surface area contributed by atoms with E-state index in [9.17, 15) is 4.79 Å². The molecule has 0 radical (unpaired) electrons. The highest BCUT2D eigenvalue weighted by Gasteiger charge is 2.16. The zero-order valence-electron chi connectivity index (χ0n) is 12.0. The van der Waals surface area contributed by atoms with E-state index in [0.717, 1.165) is 5.56 Å². The van der Waals surface area contributed by atoms with Gasteiger partial charge in [-0.2, -0.15) is 0 Å². The maximum atomic E-state index is 12.0. The summed E-state index contributed by atoms with van der Waals surface area (Å²) in [5.74, 6) is -0.240. The van der Waals surface area contributed by atoms with Crippen molar-refractivity contribution in [1.29, 1.82) is 0 Å². The number of halogens is 3. The molecular formula is C14H16Cl3N3OS. The van der Waals surface area contributed by atoms with Crippen molar-refractivity contribution in [3.8, 4) is 10.6 Å². The van der Waals surface area contributed by atoms with Gasteiger partial charge in [0.25, 0.3) is 5.91 Å². The summed E-state index contributed by atoms with van der Waals surface area (Å²) in [4.78, 5) is 16.3. The molecule has 22 heavy (non-hydrogen) atoms. The first kappa shape index (κ1) is 19.2. The van der Waals surface area contributed by atoms with Crippen molar-refractivity contribution in [2.45, 2.75) is 19.4 Å². The number of hydrogen-bond acceptors (Lipinski definition) is 4. The number of carbonyl (C=O) groups is 1. The Labute approximate surface area is 149 Å². The normalized spacial score (nSPS) is 11.0. The van der Waals surface area contributed by atoms with Gasteiger partial charge in [0.2, 0.25) is 0 Å². The van der Waals surface area contributed by atoms with Crippen LogP contribution in [0.3, 0.4) is 0 Å². The lowest BCUT2D eigenvalue weighted by Crippen LogP contribution is -2.45. The molecule has 0 spiro atoms. The van der Waals surface area contributed by atoms with E-state index in [1.807, 2.05) is 19.9 Å². The first-order valence-electron chi connectivity index (χ1n) is 6.24. The average molecular weight is 381 g/mol. The summed E-state index contributed by atoms with van der Waals surface area (Å²) in [5.41, 5.74) is 6.56. The fraction of sp³-hybridized carbons (Fsp3) is 0.286. The van der Waals surface area contributed by atoms with Gasteiger partial charge in [0.1, 0.15) is 10.7 Å². The summed E-state index contributed by atoms with van der Waals surface area (Å²) in [6.07, 6.45) is 0. The number of rotatable bonds is 4. The number of hydrogen-bond donors (Lipinski definition) is 2. The second-order valence-corrected chi connectivity index (χ2v) is 7.01. The molecule has 0 fully saturated rings. The first-order valence-corrected chi connectivity index (χ1v) is 7.88. The molecule has 2 rings (SSSR count). The minimum absolute atomic E-state index is 0. The summed E-state index contributed by atoms with van der Waals surface area (Å²) in [6, 6.07) is 5.25. The molecule has 0 aliphatic heterocycles. The molecule has 1 heterocycles. The number of thiazole rings is 1. The fourth-order valence-corrected chi connectivity index (χ4v) is 2.63. The van der Waals surface area contributed by atoms with E-state index in [4.69, 9.17) is 28.9 Å². The van der Waals surface area contributed by atoms with Crippen LogP contribution in [0.25, 0.3) is 10.6 Å². The predicted octanol–water partition coefficient (Wildman–Crippen LogP) is 4.01. The minimum Gasteiger partial charge on any atom is -0.349 e. The second kappa shape index (κ2) is 7.62. The Bertz CT molecular complexity index is 668. The standard InChI is InChI=1S/C14H15Cl2N3OS.ClH/c1-14(2,17)7-18-12(20)11-6-21-13(19-11)8-3-4-9(15)10(16)5-8;/h3-6H,7,17H2,1-2H3,(H,18,20);1H. The third-order valence-corrected chi connectivity index (χ3v) is 4.24. The Morgan fingerprint density at radius 1 is 1.36 bits per heavy atom. The van der Waals surface area contributed by atoms with Crippen molar-refractivity contribution >= 4 is 52.9 Å². The molecule has 1 aromatic heterocycles. The zero-order valence-corrected chi connectivity index (χ0v) is 15.2. The van der Waals surface area contributed by atoms with Gasteiger partial charge in [0, 0.05) is 23.0 Å². The highest BCUT2D eigenvalue weighted by molar-refractivity contribution is 7.13. The van der Waals surface area contributed by atoms with Crippen LogP contribution in [-0.2, 0) is 0 Å². The van der Waals surface area contributed by atoms with Crippen LogP contribution in [0.5, 0.6) is 0 Å². The van der Waals surface area contributed by atoms with Crippen molar-refractivity contribution in [3.05, 3.63) is 39.3 Å².